The van der Waals surface area contributed by atoms with Gasteiger partial charge in [-0.2, -0.15) is 10.4 Å². The minimum Gasteiger partial charge on any atom is -0.384 e. The third kappa shape index (κ3) is 3.55. The first-order valence-corrected chi connectivity index (χ1v) is 8.33. The normalized spacial score (nSPS) is 20.0. The van der Waals surface area contributed by atoms with E-state index in [4.69, 9.17) is 16.4 Å². The fourth-order valence-corrected chi connectivity index (χ4v) is 3.34. The summed E-state index contributed by atoms with van der Waals surface area (Å²) in [7, 11) is 0. The molecule has 0 spiro atoms. The molecular formula is C17H21N7O. The van der Waals surface area contributed by atoms with Crippen molar-refractivity contribution in [1.29, 1.82) is 10.7 Å². The van der Waals surface area contributed by atoms with Gasteiger partial charge in [0, 0.05) is 18.3 Å². The molecule has 1 aliphatic carbocycles. The van der Waals surface area contributed by atoms with Crippen LogP contribution in [0.4, 0.5) is 5.69 Å². The number of carbonyl (C=O) groups is 1. The van der Waals surface area contributed by atoms with Crippen molar-refractivity contribution in [2.24, 2.45) is 5.73 Å². The number of anilines is 1. The van der Waals surface area contributed by atoms with Crippen LogP contribution in [-0.2, 0) is 4.79 Å². The molecule has 0 saturated heterocycles. The van der Waals surface area contributed by atoms with E-state index in [1.165, 1.54) is 0 Å². The maximum Gasteiger partial charge on any atom is 0.234 e. The van der Waals surface area contributed by atoms with Crippen molar-refractivity contribution in [3.63, 3.8) is 0 Å². The number of nitrogens with two attached hydrogens (primary N) is 1. The van der Waals surface area contributed by atoms with Gasteiger partial charge >= 0.3 is 0 Å². The molecule has 1 aliphatic rings. The van der Waals surface area contributed by atoms with Gasteiger partial charge in [0.25, 0.3) is 0 Å². The fraction of sp³-hybridized carbons (Fsp3) is 0.412. The lowest BCUT2D eigenvalue weighted by molar-refractivity contribution is -0.121. The van der Waals surface area contributed by atoms with Crippen LogP contribution >= 0.6 is 0 Å². The first-order chi connectivity index (χ1) is 12.1. The molecule has 130 valence electrons. The maximum atomic E-state index is 11.8. The number of rotatable bonds is 5. The third-order valence-electron chi connectivity index (χ3n) is 4.54. The Hall–Kier alpha value is -3.08. The van der Waals surface area contributed by atoms with Crippen LogP contribution in [0.2, 0.25) is 0 Å². The fourth-order valence-electron chi connectivity index (χ4n) is 3.34. The van der Waals surface area contributed by atoms with E-state index in [-0.39, 0.29) is 30.2 Å². The van der Waals surface area contributed by atoms with Gasteiger partial charge in [0.1, 0.15) is 12.3 Å². The number of nitrogen functional groups attached to an aromatic ring is 1. The lowest BCUT2D eigenvalue weighted by Gasteiger charge is -2.34. The Balaban J connectivity index is 1.89. The summed E-state index contributed by atoms with van der Waals surface area (Å²) in [5, 5.41) is 27.2. The topological polar surface area (TPSA) is 132 Å². The molecule has 8 heteroatoms. The zero-order chi connectivity index (χ0) is 17.8. The van der Waals surface area contributed by atoms with E-state index >= 15 is 0 Å². The summed E-state index contributed by atoms with van der Waals surface area (Å²) in [6, 6.07) is 5.62. The highest BCUT2D eigenvalue weighted by molar-refractivity contribution is 6.03. The van der Waals surface area contributed by atoms with Crippen LogP contribution in [0.25, 0.3) is 5.52 Å². The molecule has 2 aromatic heterocycles. The van der Waals surface area contributed by atoms with Crippen LogP contribution in [0.3, 0.4) is 0 Å². The zero-order valence-corrected chi connectivity index (χ0v) is 13.8. The standard InChI is InChI=1S/C17H21N7O/c18-8-7-15(25)22-12-4-1-2-5-13(12)23-16-11(17(19)20)10-21-24-9-3-6-14(16)24/h3,6,9-10,12-13,23H,1-2,4-5,7H2,(H3,19,20)(H,22,25). The Morgan fingerprint density at radius 3 is 2.92 bits per heavy atom. The number of aromatic nitrogens is 2. The monoisotopic (exact) mass is 339 g/mol. The molecule has 0 aromatic carbocycles. The molecule has 1 fully saturated rings. The van der Waals surface area contributed by atoms with Crippen molar-refractivity contribution in [3.8, 4) is 6.07 Å². The second kappa shape index (κ2) is 7.21. The molecule has 0 radical (unpaired) electrons. The summed E-state index contributed by atoms with van der Waals surface area (Å²) < 4.78 is 1.72. The molecule has 2 aromatic rings. The molecule has 2 atom stereocenters. The number of nitriles is 1. The Kier molecular flexibility index (Phi) is 4.84. The smallest absolute Gasteiger partial charge is 0.234 e. The average molecular weight is 339 g/mol. The maximum absolute atomic E-state index is 11.8. The molecule has 1 amide bonds. The molecule has 8 nitrogen and oxygen atoms in total. The van der Waals surface area contributed by atoms with Crippen LogP contribution in [0.5, 0.6) is 0 Å². The Morgan fingerprint density at radius 2 is 2.20 bits per heavy atom. The van der Waals surface area contributed by atoms with Crippen LogP contribution in [-0.4, -0.2) is 33.4 Å². The van der Waals surface area contributed by atoms with Gasteiger partial charge in [-0.05, 0) is 25.0 Å². The van der Waals surface area contributed by atoms with Crippen molar-refractivity contribution in [2.75, 3.05) is 5.32 Å². The van der Waals surface area contributed by atoms with Crippen LogP contribution in [0, 0.1) is 16.7 Å². The quantitative estimate of drug-likeness (QED) is 0.482. The van der Waals surface area contributed by atoms with Gasteiger partial charge in [-0.1, -0.05) is 12.8 Å². The van der Waals surface area contributed by atoms with E-state index in [0.717, 1.165) is 36.9 Å². The molecular weight excluding hydrogens is 318 g/mol. The molecule has 0 aliphatic heterocycles. The summed E-state index contributed by atoms with van der Waals surface area (Å²) in [6.45, 7) is 0. The van der Waals surface area contributed by atoms with Gasteiger partial charge in [-0.3, -0.25) is 10.2 Å². The van der Waals surface area contributed by atoms with E-state index < -0.39 is 0 Å². The Morgan fingerprint density at radius 1 is 1.44 bits per heavy atom. The second-order valence-corrected chi connectivity index (χ2v) is 6.23. The van der Waals surface area contributed by atoms with Gasteiger partial charge in [0.2, 0.25) is 5.91 Å². The SMILES string of the molecule is N#CCC(=O)NC1CCCCC1Nc1c(C(=N)N)cnn2cccc12. The van der Waals surface area contributed by atoms with Gasteiger partial charge in [0.05, 0.1) is 29.0 Å². The lowest BCUT2D eigenvalue weighted by Crippen LogP contribution is -2.48. The summed E-state index contributed by atoms with van der Waals surface area (Å²) in [5.74, 6) is -0.310. The van der Waals surface area contributed by atoms with Gasteiger partial charge in [0.15, 0.2) is 0 Å². The Labute approximate surface area is 145 Å². The minimum absolute atomic E-state index is 0.00981. The highest BCUT2D eigenvalue weighted by Gasteiger charge is 2.28. The number of nitrogens with one attached hydrogen (secondary N) is 3. The van der Waals surface area contributed by atoms with Crippen molar-refractivity contribution in [1.82, 2.24) is 14.9 Å². The largest absolute Gasteiger partial charge is 0.384 e. The number of hydrogen-bond donors (Lipinski definition) is 4. The number of amidine groups is 1. The van der Waals surface area contributed by atoms with E-state index in [2.05, 4.69) is 15.7 Å². The summed E-state index contributed by atoms with van der Waals surface area (Å²) in [5.41, 5.74) is 7.85. The first-order valence-electron chi connectivity index (χ1n) is 8.33. The summed E-state index contributed by atoms with van der Waals surface area (Å²) in [4.78, 5) is 11.8. The van der Waals surface area contributed by atoms with Crippen molar-refractivity contribution in [2.45, 2.75) is 44.2 Å². The second-order valence-electron chi connectivity index (χ2n) is 6.23. The van der Waals surface area contributed by atoms with Crippen LogP contribution in [0.1, 0.15) is 37.7 Å². The van der Waals surface area contributed by atoms with E-state index in [1.54, 1.807) is 10.7 Å². The first kappa shape index (κ1) is 16.8. The zero-order valence-electron chi connectivity index (χ0n) is 13.8. The molecule has 2 unspecified atom stereocenters. The molecule has 0 bridgehead atoms. The molecule has 5 N–H and O–H groups in total. The summed E-state index contributed by atoms with van der Waals surface area (Å²) >= 11 is 0. The molecule has 25 heavy (non-hydrogen) atoms. The number of amides is 1. The number of fused-ring (bicyclic) bond motifs is 1. The van der Waals surface area contributed by atoms with Crippen molar-refractivity contribution >= 4 is 22.9 Å². The molecule has 2 heterocycles. The van der Waals surface area contributed by atoms with Crippen molar-refractivity contribution in [3.05, 3.63) is 30.1 Å². The predicted octanol–water partition coefficient (Wildman–Crippen LogP) is 1.37. The number of carbonyl (C=O) groups excluding carboxylic acids is 1. The van der Waals surface area contributed by atoms with Gasteiger partial charge < -0.3 is 16.4 Å². The van der Waals surface area contributed by atoms with Crippen LogP contribution < -0.4 is 16.4 Å². The highest BCUT2D eigenvalue weighted by atomic mass is 16.1. The minimum atomic E-state index is -0.254. The van der Waals surface area contributed by atoms with Gasteiger partial charge in [-0.15, -0.1) is 0 Å². The van der Waals surface area contributed by atoms with E-state index in [1.807, 2.05) is 24.4 Å². The number of hydrogen-bond acceptors (Lipinski definition) is 5. The highest BCUT2D eigenvalue weighted by Crippen LogP contribution is 2.27. The summed E-state index contributed by atoms with van der Waals surface area (Å²) in [6.07, 6.45) is 7.10. The Bertz CT molecular complexity index is 835. The number of nitrogens with zero attached hydrogens (tertiary/aromatic N) is 3. The lowest BCUT2D eigenvalue weighted by atomic mass is 9.89. The van der Waals surface area contributed by atoms with E-state index in [0.29, 0.717) is 5.56 Å². The third-order valence-corrected chi connectivity index (χ3v) is 4.54. The predicted molar refractivity (Wildman–Crippen MR) is 94.2 cm³/mol. The van der Waals surface area contributed by atoms with Gasteiger partial charge in [-0.25, -0.2) is 4.52 Å². The molecule has 3 rings (SSSR count). The van der Waals surface area contributed by atoms with E-state index in [9.17, 15) is 4.79 Å². The molecule has 1 saturated carbocycles. The average Bonchev–Trinajstić information content (AvgIpc) is 3.06. The van der Waals surface area contributed by atoms with Crippen LogP contribution in [0.15, 0.2) is 24.5 Å². The van der Waals surface area contributed by atoms with Crippen molar-refractivity contribution < 1.29 is 4.79 Å².